The molecule has 0 aromatic carbocycles. The Bertz CT molecular complexity index is 635. The van der Waals surface area contributed by atoms with Gasteiger partial charge in [-0.15, -0.1) is 11.3 Å². The third-order valence-corrected chi connectivity index (χ3v) is 4.18. The molecule has 0 radical (unpaired) electrons. The number of aromatic amines is 1. The molecule has 0 aliphatic heterocycles. The summed E-state index contributed by atoms with van der Waals surface area (Å²) >= 11 is 2.55. The molecule has 6 nitrogen and oxygen atoms in total. The van der Waals surface area contributed by atoms with Crippen molar-refractivity contribution in [1.82, 2.24) is 15.0 Å². The zero-order valence-corrected chi connectivity index (χ0v) is 11.0. The van der Waals surface area contributed by atoms with Gasteiger partial charge in [0.2, 0.25) is 0 Å². The van der Waals surface area contributed by atoms with E-state index in [0.29, 0.717) is 15.1 Å². The minimum atomic E-state index is -0.882. The minimum absolute atomic E-state index is 0.0349. The van der Waals surface area contributed by atoms with Crippen LogP contribution in [0.2, 0.25) is 0 Å². The van der Waals surface area contributed by atoms with Crippen LogP contribution >= 0.6 is 23.1 Å². The Balaban J connectivity index is 2.20. The maximum atomic E-state index is 11.1. The van der Waals surface area contributed by atoms with E-state index in [0.717, 1.165) is 4.88 Å². The fraction of sp³-hybridized carbons (Fsp3) is 0.200. The largest absolute Gasteiger partial charge is 0.481 e. The highest BCUT2D eigenvalue weighted by Crippen LogP contribution is 2.31. The number of carbonyl (C=O) groups is 1. The van der Waals surface area contributed by atoms with Crippen LogP contribution in [-0.4, -0.2) is 26.0 Å². The minimum Gasteiger partial charge on any atom is -0.481 e. The predicted octanol–water partition coefficient (Wildman–Crippen LogP) is 1.31. The number of hydrogen-bond acceptors (Lipinski definition) is 6. The molecule has 18 heavy (non-hydrogen) atoms. The highest BCUT2D eigenvalue weighted by molar-refractivity contribution is 8.01. The number of hydrogen-bond donors (Lipinski definition) is 2. The van der Waals surface area contributed by atoms with E-state index < -0.39 is 5.97 Å². The van der Waals surface area contributed by atoms with Gasteiger partial charge in [-0.25, -0.2) is 9.97 Å². The van der Waals surface area contributed by atoms with Gasteiger partial charge in [0.25, 0.3) is 5.56 Å². The lowest BCUT2D eigenvalue weighted by Crippen LogP contribution is -2.03. The van der Waals surface area contributed by atoms with Crippen LogP contribution < -0.4 is 5.56 Å². The Morgan fingerprint density at radius 1 is 1.61 bits per heavy atom. The van der Waals surface area contributed by atoms with Crippen LogP contribution in [0, 0.1) is 6.92 Å². The molecule has 0 aliphatic carbocycles. The SMILES string of the molecule is Cc1nc(Sc2cc(=O)[nH]cn2)sc1CC(=O)O. The van der Waals surface area contributed by atoms with E-state index in [9.17, 15) is 9.59 Å². The predicted molar refractivity (Wildman–Crippen MR) is 67.2 cm³/mol. The van der Waals surface area contributed by atoms with Gasteiger partial charge in [-0.3, -0.25) is 9.59 Å². The summed E-state index contributed by atoms with van der Waals surface area (Å²) < 4.78 is 0.682. The Morgan fingerprint density at radius 3 is 3.06 bits per heavy atom. The molecule has 2 heterocycles. The van der Waals surface area contributed by atoms with Crippen molar-refractivity contribution >= 4 is 29.1 Å². The van der Waals surface area contributed by atoms with E-state index in [1.165, 1.54) is 35.5 Å². The summed E-state index contributed by atoms with van der Waals surface area (Å²) in [4.78, 5) is 33.1. The molecular weight excluding hydrogens is 274 g/mol. The van der Waals surface area contributed by atoms with Crippen LogP contribution in [0.4, 0.5) is 0 Å². The molecule has 2 N–H and O–H groups in total. The summed E-state index contributed by atoms with van der Waals surface area (Å²) in [6.07, 6.45) is 1.29. The van der Waals surface area contributed by atoms with Crippen LogP contribution in [0.1, 0.15) is 10.6 Å². The van der Waals surface area contributed by atoms with Crippen molar-refractivity contribution < 1.29 is 9.90 Å². The summed E-state index contributed by atoms with van der Waals surface area (Å²) in [5.74, 6) is -0.882. The molecule has 2 aromatic rings. The Morgan fingerprint density at radius 2 is 2.39 bits per heavy atom. The number of H-pyrrole nitrogens is 1. The summed E-state index contributed by atoms with van der Waals surface area (Å²) in [6.45, 7) is 1.77. The van der Waals surface area contributed by atoms with Gasteiger partial charge in [-0.1, -0.05) is 0 Å². The molecule has 0 saturated carbocycles. The van der Waals surface area contributed by atoms with Gasteiger partial charge in [0.15, 0.2) is 4.34 Å². The second kappa shape index (κ2) is 5.32. The summed E-state index contributed by atoms with van der Waals surface area (Å²) in [6, 6.07) is 1.37. The van der Waals surface area contributed by atoms with Gasteiger partial charge in [-0.05, 0) is 18.7 Å². The standard InChI is InChI=1S/C10H9N3O3S2/c1-5-6(2-9(15)16)17-10(13-5)18-8-3-7(14)11-4-12-8/h3-4H,2H2,1H3,(H,15,16)(H,11,12,14). The average Bonchev–Trinajstić information content (AvgIpc) is 2.58. The highest BCUT2D eigenvalue weighted by atomic mass is 32.2. The molecule has 0 saturated heterocycles. The van der Waals surface area contributed by atoms with E-state index in [4.69, 9.17) is 5.11 Å². The van der Waals surface area contributed by atoms with E-state index >= 15 is 0 Å². The maximum Gasteiger partial charge on any atom is 0.308 e. The van der Waals surface area contributed by atoms with Crippen LogP contribution in [0.3, 0.4) is 0 Å². The number of aryl methyl sites for hydroxylation is 1. The number of rotatable bonds is 4. The lowest BCUT2D eigenvalue weighted by atomic mass is 10.3. The molecule has 0 aliphatic rings. The molecule has 0 unspecified atom stereocenters. The van der Waals surface area contributed by atoms with E-state index in [-0.39, 0.29) is 12.0 Å². The van der Waals surface area contributed by atoms with Crippen molar-refractivity contribution in [3.8, 4) is 0 Å². The first-order chi connectivity index (χ1) is 8.54. The molecule has 94 valence electrons. The van der Waals surface area contributed by atoms with Crippen molar-refractivity contribution in [2.24, 2.45) is 0 Å². The second-order valence-electron chi connectivity index (χ2n) is 3.41. The van der Waals surface area contributed by atoms with Crippen molar-refractivity contribution in [2.45, 2.75) is 22.7 Å². The smallest absolute Gasteiger partial charge is 0.308 e. The molecule has 0 amide bonds. The number of carboxylic acids is 1. The van der Waals surface area contributed by atoms with Gasteiger partial charge < -0.3 is 10.1 Å². The summed E-state index contributed by atoms with van der Waals surface area (Å²) in [5, 5.41) is 9.28. The van der Waals surface area contributed by atoms with Crippen LogP contribution in [0.5, 0.6) is 0 Å². The van der Waals surface area contributed by atoms with E-state index in [1.54, 1.807) is 6.92 Å². The first-order valence-corrected chi connectivity index (χ1v) is 6.58. The lowest BCUT2D eigenvalue weighted by molar-refractivity contribution is -0.136. The van der Waals surface area contributed by atoms with Crippen LogP contribution in [0.15, 0.2) is 26.6 Å². The zero-order chi connectivity index (χ0) is 13.1. The van der Waals surface area contributed by atoms with Crippen molar-refractivity contribution in [3.63, 3.8) is 0 Å². The maximum absolute atomic E-state index is 11.1. The molecule has 0 bridgehead atoms. The first-order valence-electron chi connectivity index (χ1n) is 4.95. The molecular formula is C10H9N3O3S2. The zero-order valence-electron chi connectivity index (χ0n) is 9.34. The van der Waals surface area contributed by atoms with Crippen molar-refractivity contribution in [3.05, 3.63) is 33.3 Å². The number of nitrogens with zero attached hydrogens (tertiary/aromatic N) is 2. The molecule has 8 heteroatoms. The number of aliphatic carboxylic acids is 1. The monoisotopic (exact) mass is 283 g/mol. The van der Waals surface area contributed by atoms with Crippen LogP contribution in [-0.2, 0) is 11.2 Å². The topological polar surface area (TPSA) is 95.9 Å². The van der Waals surface area contributed by atoms with Gasteiger partial charge in [0.05, 0.1) is 18.4 Å². The molecule has 2 aromatic heterocycles. The normalized spacial score (nSPS) is 10.5. The first kappa shape index (κ1) is 12.8. The quantitative estimate of drug-likeness (QED) is 0.821. The van der Waals surface area contributed by atoms with E-state index in [2.05, 4.69) is 15.0 Å². The third kappa shape index (κ3) is 3.17. The Kier molecular flexibility index (Phi) is 3.78. The van der Waals surface area contributed by atoms with Gasteiger partial charge in [0, 0.05) is 10.9 Å². The van der Waals surface area contributed by atoms with Crippen molar-refractivity contribution in [1.29, 1.82) is 0 Å². The molecule has 0 atom stereocenters. The Labute approximate surface area is 110 Å². The third-order valence-electron chi connectivity index (χ3n) is 2.03. The summed E-state index contributed by atoms with van der Waals surface area (Å²) in [5.41, 5.74) is 0.473. The number of aromatic nitrogens is 3. The highest BCUT2D eigenvalue weighted by Gasteiger charge is 2.12. The van der Waals surface area contributed by atoms with Crippen molar-refractivity contribution in [2.75, 3.05) is 0 Å². The summed E-state index contributed by atoms with van der Waals surface area (Å²) in [7, 11) is 0. The lowest BCUT2D eigenvalue weighted by Gasteiger charge is -1.93. The molecule has 0 spiro atoms. The van der Waals surface area contributed by atoms with Crippen LogP contribution in [0.25, 0.3) is 0 Å². The van der Waals surface area contributed by atoms with Gasteiger partial charge in [0.1, 0.15) is 5.03 Å². The number of nitrogens with one attached hydrogen (secondary N) is 1. The Hall–Kier alpha value is -1.67. The second-order valence-corrected chi connectivity index (χ2v) is 5.76. The number of thiazole rings is 1. The number of carboxylic acid groups (broad SMARTS) is 1. The molecule has 2 rings (SSSR count). The fourth-order valence-electron chi connectivity index (χ4n) is 1.24. The molecule has 0 fully saturated rings. The van der Waals surface area contributed by atoms with E-state index in [1.807, 2.05) is 0 Å². The average molecular weight is 283 g/mol. The fourth-order valence-corrected chi connectivity index (χ4v) is 3.38. The van der Waals surface area contributed by atoms with Gasteiger partial charge >= 0.3 is 5.97 Å². The van der Waals surface area contributed by atoms with Gasteiger partial charge in [-0.2, -0.15) is 0 Å².